The Balaban J connectivity index is 2.60. The molecule has 2 rings (SSSR count). The van der Waals surface area contributed by atoms with Crippen molar-refractivity contribution in [3.8, 4) is 11.3 Å². The first-order valence-electron chi connectivity index (χ1n) is 5.09. The zero-order chi connectivity index (χ0) is 11.7. The lowest BCUT2D eigenvalue weighted by atomic mass is 10.0. The first kappa shape index (κ1) is 11.1. The molecule has 0 fully saturated rings. The summed E-state index contributed by atoms with van der Waals surface area (Å²) in [5.41, 5.74) is 2.80. The predicted molar refractivity (Wildman–Crippen MR) is 63.3 cm³/mol. The molecule has 16 heavy (non-hydrogen) atoms. The molecule has 2 heterocycles. The van der Waals surface area contributed by atoms with E-state index in [2.05, 4.69) is 28.9 Å². The van der Waals surface area contributed by atoms with Crippen molar-refractivity contribution < 1.29 is 0 Å². The zero-order valence-corrected chi connectivity index (χ0v) is 10.2. The fraction of sp³-hybridized carbons (Fsp3) is 0.364. The van der Waals surface area contributed by atoms with Crippen LogP contribution >= 0.6 is 11.6 Å². The molecule has 0 bridgehead atoms. The van der Waals surface area contributed by atoms with Gasteiger partial charge in [-0.2, -0.15) is 5.10 Å². The summed E-state index contributed by atoms with van der Waals surface area (Å²) in [6.07, 6.45) is 5.19. The number of hydrogen-bond donors (Lipinski definition) is 0. The number of aromatic nitrogens is 4. The Hall–Kier alpha value is -1.42. The molecule has 5 heteroatoms. The average molecular weight is 237 g/mol. The van der Waals surface area contributed by atoms with E-state index >= 15 is 0 Å². The van der Waals surface area contributed by atoms with Gasteiger partial charge >= 0.3 is 0 Å². The highest BCUT2D eigenvalue weighted by Gasteiger charge is 2.15. The monoisotopic (exact) mass is 236 g/mol. The maximum Gasteiger partial charge on any atom is 0.136 e. The van der Waals surface area contributed by atoms with Gasteiger partial charge in [-0.05, 0) is 5.92 Å². The molecule has 84 valence electrons. The van der Waals surface area contributed by atoms with Gasteiger partial charge in [-0.3, -0.25) is 4.68 Å². The van der Waals surface area contributed by atoms with Crippen LogP contribution in [0.15, 0.2) is 18.7 Å². The number of nitrogens with zero attached hydrogens (tertiary/aromatic N) is 4. The molecule has 0 aliphatic heterocycles. The minimum atomic E-state index is 0.281. The highest BCUT2D eigenvalue weighted by atomic mass is 35.5. The summed E-state index contributed by atoms with van der Waals surface area (Å²) >= 11 is 6.10. The first-order valence-corrected chi connectivity index (χ1v) is 5.46. The quantitative estimate of drug-likeness (QED) is 0.753. The molecule has 0 saturated carbocycles. The third-order valence-corrected chi connectivity index (χ3v) is 2.69. The Morgan fingerprint density at radius 2 is 2.06 bits per heavy atom. The molecule has 0 atom stereocenters. The number of rotatable bonds is 2. The lowest BCUT2D eigenvalue weighted by molar-refractivity contribution is 0.768. The van der Waals surface area contributed by atoms with Gasteiger partial charge in [0.15, 0.2) is 0 Å². The van der Waals surface area contributed by atoms with Gasteiger partial charge in [0.25, 0.3) is 0 Å². The van der Waals surface area contributed by atoms with Crippen LogP contribution in [0.3, 0.4) is 0 Å². The van der Waals surface area contributed by atoms with Gasteiger partial charge in [0.1, 0.15) is 11.5 Å². The van der Waals surface area contributed by atoms with Crippen molar-refractivity contribution in [2.45, 2.75) is 19.8 Å². The fourth-order valence-corrected chi connectivity index (χ4v) is 2.01. The maximum absolute atomic E-state index is 6.10. The van der Waals surface area contributed by atoms with Crippen LogP contribution in [0.25, 0.3) is 11.3 Å². The Bertz CT molecular complexity index is 504. The van der Waals surface area contributed by atoms with Crippen LogP contribution < -0.4 is 0 Å². The van der Waals surface area contributed by atoms with E-state index in [1.165, 1.54) is 6.33 Å². The summed E-state index contributed by atoms with van der Waals surface area (Å²) in [5.74, 6) is 0.281. The Kier molecular flexibility index (Phi) is 2.92. The van der Waals surface area contributed by atoms with Crippen molar-refractivity contribution in [2.24, 2.45) is 7.05 Å². The third kappa shape index (κ3) is 1.93. The Morgan fingerprint density at radius 1 is 1.31 bits per heavy atom. The SMILES string of the molecule is CC(C)c1c(Cl)ncnc1-c1cnn(C)c1. The molecule has 2 aromatic rings. The predicted octanol–water partition coefficient (Wildman–Crippen LogP) is 2.65. The van der Waals surface area contributed by atoms with Crippen molar-refractivity contribution in [2.75, 3.05) is 0 Å². The van der Waals surface area contributed by atoms with E-state index in [9.17, 15) is 0 Å². The van der Waals surface area contributed by atoms with Crippen LogP contribution in [-0.4, -0.2) is 19.7 Å². The van der Waals surface area contributed by atoms with Gasteiger partial charge in [-0.25, -0.2) is 9.97 Å². The van der Waals surface area contributed by atoms with E-state index in [-0.39, 0.29) is 5.92 Å². The molecule has 0 aromatic carbocycles. The molecule has 0 spiro atoms. The van der Waals surface area contributed by atoms with Gasteiger partial charge in [0, 0.05) is 24.4 Å². The van der Waals surface area contributed by atoms with Crippen LogP contribution in [0.4, 0.5) is 0 Å². The van der Waals surface area contributed by atoms with Crippen molar-refractivity contribution in [1.82, 2.24) is 19.7 Å². The summed E-state index contributed by atoms with van der Waals surface area (Å²) in [5, 5.41) is 4.65. The Labute approximate surface area is 99.3 Å². The maximum atomic E-state index is 6.10. The second-order valence-corrected chi connectivity index (χ2v) is 4.34. The van der Waals surface area contributed by atoms with Gasteiger partial charge < -0.3 is 0 Å². The van der Waals surface area contributed by atoms with E-state index in [1.54, 1.807) is 10.9 Å². The summed E-state index contributed by atoms with van der Waals surface area (Å²) in [4.78, 5) is 8.32. The summed E-state index contributed by atoms with van der Waals surface area (Å²) in [6.45, 7) is 4.15. The molecular weight excluding hydrogens is 224 g/mol. The van der Waals surface area contributed by atoms with Gasteiger partial charge in [-0.1, -0.05) is 25.4 Å². The average Bonchev–Trinajstić information content (AvgIpc) is 2.63. The highest BCUT2D eigenvalue weighted by Crippen LogP contribution is 2.30. The number of aryl methyl sites for hydroxylation is 1. The lowest BCUT2D eigenvalue weighted by Crippen LogP contribution is -1.98. The summed E-state index contributed by atoms with van der Waals surface area (Å²) in [6, 6.07) is 0. The van der Waals surface area contributed by atoms with E-state index in [0.29, 0.717) is 5.15 Å². The molecule has 0 amide bonds. The molecule has 0 N–H and O–H groups in total. The van der Waals surface area contributed by atoms with Gasteiger partial charge in [-0.15, -0.1) is 0 Å². The molecular formula is C11H13ClN4. The van der Waals surface area contributed by atoms with Crippen LogP contribution in [0.1, 0.15) is 25.3 Å². The second kappa shape index (κ2) is 4.22. The van der Waals surface area contributed by atoms with E-state index in [0.717, 1.165) is 16.8 Å². The van der Waals surface area contributed by atoms with Crippen LogP contribution in [-0.2, 0) is 7.05 Å². The summed E-state index contributed by atoms with van der Waals surface area (Å²) in [7, 11) is 1.88. The van der Waals surface area contributed by atoms with E-state index in [1.807, 2.05) is 13.2 Å². The zero-order valence-electron chi connectivity index (χ0n) is 9.48. The minimum Gasteiger partial charge on any atom is -0.275 e. The minimum absolute atomic E-state index is 0.281. The number of halogens is 1. The largest absolute Gasteiger partial charge is 0.275 e. The molecule has 0 aliphatic rings. The topological polar surface area (TPSA) is 43.6 Å². The Morgan fingerprint density at radius 3 is 2.62 bits per heavy atom. The second-order valence-electron chi connectivity index (χ2n) is 3.98. The molecule has 2 aromatic heterocycles. The van der Waals surface area contributed by atoms with Crippen LogP contribution in [0.2, 0.25) is 5.15 Å². The smallest absolute Gasteiger partial charge is 0.136 e. The summed E-state index contributed by atoms with van der Waals surface area (Å²) < 4.78 is 1.75. The van der Waals surface area contributed by atoms with Crippen LogP contribution in [0, 0.1) is 0 Å². The standard InChI is InChI=1S/C11H13ClN4/c1-7(2)9-10(13-6-14-11(9)12)8-4-15-16(3)5-8/h4-7H,1-3H3. The first-order chi connectivity index (χ1) is 7.59. The molecule has 4 nitrogen and oxygen atoms in total. The molecule has 0 aliphatic carbocycles. The van der Waals surface area contributed by atoms with E-state index < -0.39 is 0 Å². The third-order valence-electron chi connectivity index (χ3n) is 2.39. The molecule has 0 unspecified atom stereocenters. The van der Waals surface area contributed by atoms with Crippen LogP contribution in [0.5, 0.6) is 0 Å². The molecule has 0 radical (unpaired) electrons. The normalized spacial score (nSPS) is 11.1. The highest BCUT2D eigenvalue weighted by molar-refractivity contribution is 6.30. The fourth-order valence-electron chi connectivity index (χ4n) is 1.66. The van der Waals surface area contributed by atoms with Gasteiger partial charge in [0.2, 0.25) is 0 Å². The van der Waals surface area contributed by atoms with Crippen molar-refractivity contribution in [1.29, 1.82) is 0 Å². The van der Waals surface area contributed by atoms with Crippen molar-refractivity contribution in [3.63, 3.8) is 0 Å². The van der Waals surface area contributed by atoms with E-state index in [4.69, 9.17) is 11.6 Å². The van der Waals surface area contributed by atoms with Gasteiger partial charge in [0.05, 0.1) is 11.9 Å². The van der Waals surface area contributed by atoms with Crippen molar-refractivity contribution in [3.05, 3.63) is 29.4 Å². The lowest BCUT2D eigenvalue weighted by Gasteiger charge is -2.11. The van der Waals surface area contributed by atoms with Crippen molar-refractivity contribution >= 4 is 11.6 Å². The number of hydrogen-bond acceptors (Lipinski definition) is 3. The molecule has 0 saturated heterocycles.